The summed E-state index contributed by atoms with van der Waals surface area (Å²) in [5.74, 6) is 0.695. The van der Waals surface area contributed by atoms with Gasteiger partial charge in [-0.25, -0.2) is 0 Å². The van der Waals surface area contributed by atoms with Gasteiger partial charge in [-0.3, -0.25) is 4.79 Å². The van der Waals surface area contributed by atoms with E-state index in [1.165, 1.54) is 6.08 Å². The first-order valence-electron chi connectivity index (χ1n) is 6.79. The fraction of sp³-hybridized carbons (Fsp3) is 0.167. The van der Waals surface area contributed by atoms with Crippen molar-refractivity contribution in [2.75, 3.05) is 12.4 Å². The molecule has 0 unspecified atom stereocenters. The molecule has 1 N–H and O–H groups in total. The first-order valence-corrected chi connectivity index (χ1v) is 6.79. The average molecular weight is 281 g/mol. The van der Waals surface area contributed by atoms with E-state index in [4.69, 9.17) is 4.74 Å². The summed E-state index contributed by atoms with van der Waals surface area (Å²) >= 11 is 0. The molecule has 0 bridgehead atoms. The molecule has 0 radical (unpaired) electrons. The summed E-state index contributed by atoms with van der Waals surface area (Å²) in [5.41, 5.74) is 3.97. The Bertz CT molecular complexity index is 637. The van der Waals surface area contributed by atoms with Gasteiger partial charge < -0.3 is 10.1 Å². The zero-order chi connectivity index (χ0) is 15.2. The van der Waals surface area contributed by atoms with Crippen molar-refractivity contribution in [3.63, 3.8) is 0 Å². The summed E-state index contributed by atoms with van der Waals surface area (Å²) in [6.07, 6.45) is 3.22. The maximum Gasteiger partial charge on any atom is 0.187 e. The van der Waals surface area contributed by atoms with Gasteiger partial charge in [0.05, 0.1) is 7.11 Å². The molecule has 0 fully saturated rings. The number of benzene rings is 2. The highest BCUT2D eigenvalue weighted by atomic mass is 16.5. The summed E-state index contributed by atoms with van der Waals surface area (Å²) in [7, 11) is 1.60. The normalized spacial score (nSPS) is 10.6. The van der Waals surface area contributed by atoms with Gasteiger partial charge in [0.15, 0.2) is 5.78 Å². The molecule has 0 saturated heterocycles. The molecule has 2 rings (SSSR count). The molecule has 0 aliphatic carbocycles. The number of anilines is 1. The number of ketones is 1. The van der Waals surface area contributed by atoms with Gasteiger partial charge in [-0.1, -0.05) is 18.2 Å². The number of allylic oxidation sites excluding steroid dienone is 1. The van der Waals surface area contributed by atoms with Crippen LogP contribution in [0.2, 0.25) is 0 Å². The minimum absolute atomic E-state index is 0.0450. The van der Waals surface area contributed by atoms with Crippen molar-refractivity contribution in [2.45, 2.75) is 13.8 Å². The lowest BCUT2D eigenvalue weighted by Crippen LogP contribution is -1.98. The van der Waals surface area contributed by atoms with Gasteiger partial charge in [0.2, 0.25) is 0 Å². The number of carbonyl (C=O) groups excluding carboxylic acids is 1. The zero-order valence-corrected chi connectivity index (χ0v) is 12.5. The van der Waals surface area contributed by atoms with Gasteiger partial charge in [-0.2, -0.15) is 0 Å². The monoisotopic (exact) mass is 281 g/mol. The second kappa shape index (κ2) is 6.75. The van der Waals surface area contributed by atoms with Crippen molar-refractivity contribution < 1.29 is 9.53 Å². The van der Waals surface area contributed by atoms with Crippen molar-refractivity contribution >= 4 is 11.5 Å². The van der Waals surface area contributed by atoms with Crippen LogP contribution in [0, 0.1) is 13.8 Å². The zero-order valence-electron chi connectivity index (χ0n) is 12.5. The standard InChI is InChI=1S/C18H19NO2/c1-13-5-4-6-14(2)18(13)19-12-11-17(20)15-7-9-16(21-3)10-8-15/h4-12,19H,1-3H3. The van der Waals surface area contributed by atoms with E-state index in [0.717, 1.165) is 22.6 Å². The van der Waals surface area contributed by atoms with Gasteiger partial charge in [0.25, 0.3) is 0 Å². The number of rotatable bonds is 5. The Kier molecular flexibility index (Phi) is 4.77. The number of hydrogen-bond acceptors (Lipinski definition) is 3. The maximum atomic E-state index is 12.0. The molecule has 0 saturated carbocycles. The minimum Gasteiger partial charge on any atom is -0.497 e. The minimum atomic E-state index is -0.0450. The average Bonchev–Trinajstić information content (AvgIpc) is 2.50. The van der Waals surface area contributed by atoms with Crippen LogP contribution < -0.4 is 10.1 Å². The SMILES string of the molecule is COc1ccc(C(=O)C=CNc2c(C)cccc2C)cc1. The Hall–Kier alpha value is -2.55. The maximum absolute atomic E-state index is 12.0. The third-order valence-corrected chi connectivity index (χ3v) is 3.32. The Morgan fingerprint density at radius 1 is 1.05 bits per heavy atom. The van der Waals surface area contributed by atoms with E-state index in [1.807, 2.05) is 32.0 Å². The molecule has 3 heteroatoms. The molecule has 0 atom stereocenters. The molecule has 2 aromatic rings. The highest BCUT2D eigenvalue weighted by Crippen LogP contribution is 2.19. The molecule has 0 amide bonds. The van der Waals surface area contributed by atoms with Crippen molar-refractivity contribution in [3.8, 4) is 5.75 Å². The lowest BCUT2D eigenvalue weighted by atomic mass is 10.1. The van der Waals surface area contributed by atoms with Gasteiger partial charge >= 0.3 is 0 Å². The van der Waals surface area contributed by atoms with Crippen LogP contribution in [0.4, 0.5) is 5.69 Å². The van der Waals surface area contributed by atoms with Crippen molar-refractivity contribution in [1.29, 1.82) is 0 Å². The summed E-state index contributed by atoms with van der Waals surface area (Å²) < 4.78 is 5.07. The quantitative estimate of drug-likeness (QED) is 0.662. The Morgan fingerprint density at radius 2 is 1.67 bits per heavy atom. The molecular formula is C18H19NO2. The van der Waals surface area contributed by atoms with Crippen LogP contribution in [0.25, 0.3) is 0 Å². The fourth-order valence-electron chi connectivity index (χ4n) is 2.09. The summed E-state index contributed by atoms with van der Waals surface area (Å²) in [4.78, 5) is 12.0. The number of nitrogens with one attached hydrogen (secondary N) is 1. The first kappa shape index (κ1) is 14.9. The van der Waals surface area contributed by atoms with E-state index in [1.54, 1.807) is 37.6 Å². The number of methoxy groups -OCH3 is 1. The van der Waals surface area contributed by atoms with Crippen LogP contribution >= 0.6 is 0 Å². The third-order valence-electron chi connectivity index (χ3n) is 3.32. The summed E-state index contributed by atoms with van der Waals surface area (Å²) in [5, 5.41) is 3.18. The van der Waals surface area contributed by atoms with E-state index in [2.05, 4.69) is 5.32 Å². The van der Waals surface area contributed by atoms with Gasteiger partial charge in [-0.05, 0) is 49.2 Å². The predicted octanol–water partition coefficient (Wildman–Crippen LogP) is 4.12. The molecule has 0 aliphatic heterocycles. The molecule has 0 aromatic heterocycles. The molecule has 0 spiro atoms. The highest BCUT2D eigenvalue weighted by molar-refractivity contribution is 6.04. The highest BCUT2D eigenvalue weighted by Gasteiger charge is 2.02. The number of aryl methyl sites for hydroxylation is 2. The first-order chi connectivity index (χ1) is 10.1. The van der Waals surface area contributed by atoms with Crippen LogP contribution in [0.5, 0.6) is 5.75 Å². The van der Waals surface area contributed by atoms with Crippen LogP contribution in [0.15, 0.2) is 54.7 Å². The summed E-state index contributed by atoms with van der Waals surface area (Å²) in [6.45, 7) is 4.07. The van der Waals surface area contributed by atoms with Crippen molar-refractivity contribution in [2.24, 2.45) is 0 Å². The largest absolute Gasteiger partial charge is 0.497 e. The van der Waals surface area contributed by atoms with Crippen molar-refractivity contribution in [1.82, 2.24) is 0 Å². The topological polar surface area (TPSA) is 38.3 Å². The Morgan fingerprint density at radius 3 is 2.24 bits per heavy atom. The molecule has 0 aliphatic rings. The van der Waals surface area contributed by atoms with Gasteiger partial charge in [0, 0.05) is 23.5 Å². The van der Waals surface area contributed by atoms with Crippen LogP contribution in [0.3, 0.4) is 0 Å². The molecular weight excluding hydrogens is 262 g/mol. The van der Waals surface area contributed by atoms with Gasteiger partial charge in [0.1, 0.15) is 5.75 Å². The number of carbonyl (C=O) groups is 1. The van der Waals surface area contributed by atoms with E-state index < -0.39 is 0 Å². The number of para-hydroxylation sites is 1. The van der Waals surface area contributed by atoms with Crippen molar-refractivity contribution in [3.05, 3.63) is 71.4 Å². The molecule has 0 heterocycles. The van der Waals surface area contributed by atoms with Gasteiger partial charge in [-0.15, -0.1) is 0 Å². The molecule has 108 valence electrons. The Balaban J connectivity index is 2.05. The van der Waals surface area contributed by atoms with E-state index in [-0.39, 0.29) is 5.78 Å². The van der Waals surface area contributed by atoms with Crippen LogP contribution in [-0.4, -0.2) is 12.9 Å². The van der Waals surface area contributed by atoms with E-state index in [9.17, 15) is 4.79 Å². The summed E-state index contributed by atoms with van der Waals surface area (Å²) in [6, 6.07) is 13.2. The number of ether oxygens (including phenoxy) is 1. The van der Waals surface area contributed by atoms with E-state index in [0.29, 0.717) is 5.56 Å². The molecule has 21 heavy (non-hydrogen) atoms. The fourth-order valence-corrected chi connectivity index (χ4v) is 2.09. The molecule has 2 aromatic carbocycles. The Labute approximate surface area is 125 Å². The lowest BCUT2D eigenvalue weighted by molar-refractivity contribution is 0.104. The lowest BCUT2D eigenvalue weighted by Gasteiger charge is -2.08. The second-order valence-electron chi connectivity index (χ2n) is 4.84. The number of hydrogen-bond donors (Lipinski definition) is 1. The molecule has 3 nitrogen and oxygen atoms in total. The van der Waals surface area contributed by atoms with Crippen LogP contribution in [-0.2, 0) is 0 Å². The van der Waals surface area contributed by atoms with E-state index >= 15 is 0 Å². The predicted molar refractivity (Wildman–Crippen MR) is 86.0 cm³/mol. The third kappa shape index (κ3) is 3.72. The smallest absolute Gasteiger partial charge is 0.187 e. The van der Waals surface area contributed by atoms with Crippen LogP contribution in [0.1, 0.15) is 21.5 Å². The second-order valence-corrected chi connectivity index (χ2v) is 4.84.